The van der Waals surface area contributed by atoms with Crippen LogP contribution >= 0.6 is 11.6 Å². The second kappa shape index (κ2) is 11.5. The summed E-state index contributed by atoms with van der Waals surface area (Å²) >= 11 is 6.10. The van der Waals surface area contributed by atoms with E-state index in [-0.39, 0.29) is 29.6 Å². The summed E-state index contributed by atoms with van der Waals surface area (Å²) in [7, 11) is 0. The van der Waals surface area contributed by atoms with Crippen LogP contribution in [0, 0.1) is 12.8 Å². The predicted octanol–water partition coefficient (Wildman–Crippen LogP) is 4.64. The summed E-state index contributed by atoms with van der Waals surface area (Å²) in [5, 5.41) is 10.5. The van der Waals surface area contributed by atoms with E-state index in [9.17, 15) is 14.4 Å². The number of Topliss-reactive ketones (excluding diaryl/α,β-unsaturated/α-hetero) is 1. The molecule has 1 fully saturated rings. The summed E-state index contributed by atoms with van der Waals surface area (Å²) < 4.78 is 13.7. The van der Waals surface area contributed by atoms with E-state index < -0.39 is 5.91 Å². The van der Waals surface area contributed by atoms with Gasteiger partial charge in [0.2, 0.25) is 17.6 Å². The van der Waals surface area contributed by atoms with Gasteiger partial charge in [-0.2, -0.15) is 5.10 Å². The van der Waals surface area contributed by atoms with Gasteiger partial charge in [-0.25, -0.2) is 0 Å². The topological polar surface area (TPSA) is 130 Å². The Hall–Kier alpha value is -4.96. The first-order valence-corrected chi connectivity index (χ1v) is 13.5. The zero-order valence-corrected chi connectivity index (χ0v) is 23.0. The van der Waals surface area contributed by atoms with Crippen molar-refractivity contribution in [3.63, 3.8) is 0 Å². The molecule has 0 unspecified atom stereocenters. The van der Waals surface area contributed by atoms with Crippen LogP contribution in [0.15, 0.2) is 73.1 Å². The van der Waals surface area contributed by atoms with Crippen molar-refractivity contribution < 1.29 is 23.9 Å². The molecule has 0 saturated carbocycles. The second-order valence-corrected chi connectivity index (χ2v) is 10.1. The summed E-state index contributed by atoms with van der Waals surface area (Å²) in [4.78, 5) is 39.5. The standard InChI is InChI=1S/C31H24ClN5O5/c32-21-6-5-19-15-28(24(31(33)40)14-20(19)13-21)41-18-27(38)25-17-37(12-11-36-10-2-4-30(36)39)26-16-22(7-8-23(25)26)42-29-3-1-9-34-35-29/h1-9,13-17H,10-12,18H2,(H2,33,40). The van der Waals surface area contributed by atoms with Crippen molar-refractivity contribution in [3.05, 3.63) is 102 Å². The van der Waals surface area contributed by atoms with Crippen LogP contribution in [0.25, 0.3) is 21.7 Å². The number of likely N-dealkylation sites (tertiary alicyclic amines) is 1. The van der Waals surface area contributed by atoms with Gasteiger partial charge in [0.15, 0.2) is 6.61 Å². The Balaban J connectivity index is 1.29. The number of carbonyl (C=O) groups excluding carboxylic acids is 3. The van der Waals surface area contributed by atoms with E-state index in [4.69, 9.17) is 26.8 Å². The summed E-state index contributed by atoms with van der Waals surface area (Å²) in [6, 6.07) is 17.3. The summed E-state index contributed by atoms with van der Waals surface area (Å²) in [5.41, 5.74) is 6.92. The van der Waals surface area contributed by atoms with Crippen molar-refractivity contribution in [1.29, 1.82) is 0 Å². The maximum atomic E-state index is 13.5. The zero-order chi connectivity index (χ0) is 29.2. The lowest BCUT2D eigenvalue weighted by Gasteiger charge is -2.16. The number of hydrogen-bond acceptors (Lipinski definition) is 7. The Morgan fingerprint density at radius 2 is 1.88 bits per heavy atom. The summed E-state index contributed by atoms with van der Waals surface area (Å²) in [6.45, 7) is 1.12. The predicted molar refractivity (Wildman–Crippen MR) is 157 cm³/mol. The summed E-state index contributed by atoms with van der Waals surface area (Å²) in [5.74, 6) is 0.0134. The number of nitrogens with two attached hydrogens (primary N) is 1. The van der Waals surface area contributed by atoms with Gasteiger partial charge in [0, 0.05) is 60.1 Å². The second-order valence-electron chi connectivity index (χ2n) is 9.68. The lowest BCUT2D eigenvalue weighted by atomic mass is 10.1. The highest BCUT2D eigenvalue weighted by Crippen LogP contribution is 2.31. The zero-order valence-electron chi connectivity index (χ0n) is 22.2. The Bertz CT molecular complexity index is 1840. The molecule has 5 aromatic rings. The average molecular weight is 582 g/mol. The van der Waals surface area contributed by atoms with Gasteiger partial charge in [-0.1, -0.05) is 17.7 Å². The molecule has 0 atom stereocenters. The molecule has 2 aromatic heterocycles. The van der Waals surface area contributed by atoms with Crippen molar-refractivity contribution in [1.82, 2.24) is 19.7 Å². The number of benzene rings is 3. The third-order valence-corrected chi connectivity index (χ3v) is 7.19. The summed E-state index contributed by atoms with van der Waals surface area (Å²) in [6.07, 6.45) is 6.66. The number of hydrogen-bond donors (Lipinski definition) is 1. The van der Waals surface area contributed by atoms with E-state index in [0.29, 0.717) is 47.2 Å². The molecule has 2 amide bonds. The number of ether oxygens (including phenoxy) is 2. The van der Waals surface area contributed by atoms with Crippen LogP contribution in [0.3, 0.4) is 0 Å². The van der Waals surface area contributed by atoms with Gasteiger partial charge in [-0.05, 0) is 59.7 Å². The van der Waals surface area contributed by atoms with Crippen molar-refractivity contribution in [2.45, 2.75) is 6.54 Å². The molecule has 1 saturated heterocycles. The van der Waals surface area contributed by atoms with E-state index in [1.165, 1.54) is 0 Å². The van der Waals surface area contributed by atoms with Crippen LogP contribution in [0.1, 0.15) is 20.7 Å². The average Bonchev–Trinajstić information content (AvgIpc) is 3.57. The minimum absolute atomic E-state index is 0.0502. The third kappa shape index (κ3) is 5.61. The van der Waals surface area contributed by atoms with Gasteiger partial charge in [0.05, 0.1) is 17.5 Å². The third-order valence-electron chi connectivity index (χ3n) is 6.96. The lowest BCUT2D eigenvalue weighted by Crippen LogP contribution is -2.28. The van der Waals surface area contributed by atoms with Crippen LogP contribution in [-0.4, -0.2) is 57.0 Å². The van der Waals surface area contributed by atoms with Crippen LogP contribution in [0.5, 0.6) is 17.4 Å². The van der Waals surface area contributed by atoms with Crippen molar-refractivity contribution >= 4 is 50.9 Å². The maximum absolute atomic E-state index is 13.5. The fourth-order valence-corrected chi connectivity index (χ4v) is 5.07. The minimum Gasteiger partial charge on any atom is -0.485 e. The smallest absolute Gasteiger partial charge is 0.252 e. The normalized spacial score (nSPS) is 13.2. The largest absolute Gasteiger partial charge is 0.485 e. The van der Waals surface area contributed by atoms with Crippen molar-refractivity contribution in [3.8, 4) is 17.4 Å². The van der Waals surface area contributed by atoms with Crippen LogP contribution in [0.4, 0.5) is 0 Å². The molecule has 3 heterocycles. The lowest BCUT2D eigenvalue weighted by molar-refractivity contribution is -0.125. The Morgan fingerprint density at radius 3 is 2.64 bits per heavy atom. The molecule has 210 valence electrons. The highest BCUT2D eigenvalue weighted by Gasteiger charge is 2.22. The molecule has 2 radical (unpaired) electrons. The molecule has 0 spiro atoms. The van der Waals surface area contributed by atoms with Gasteiger partial charge in [-0.3, -0.25) is 14.4 Å². The van der Waals surface area contributed by atoms with E-state index >= 15 is 0 Å². The van der Waals surface area contributed by atoms with Gasteiger partial charge in [0.1, 0.15) is 11.5 Å². The molecule has 42 heavy (non-hydrogen) atoms. The van der Waals surface area contributed by atoms with Crippen LogP contribution in [0.2, 0.25) is 5.02 Å². The van der Waals surface area contributed by atoms with Gasteiger partial charge < -0.3 is 24.7 Å². The van der Waals surface area contributed by atoms with Crippen molar-refractivity contribution in [2.75, 3.05) is 19.7 Å². The fourth-order valence-electron chi connectivity index (χ4n) is 4.89. The number of nitrogens with zero attached hydrogens (tertiary/aromatic N) is 4. The highest BCUT2D eigenvalue weighted by atomic mass is 35.5. The monoisotopic (exact) mass is 581 g/mol. The maximum Gasteiger partial charge on any atom is 0.252 e. The number of carbonyl (C=O) groups is 3. The first kappa shape index (κ1) is 27.2. The number of amides is 2. The van der Waals surface area contributed by atoms with Gasteiger partial charge >= 0.3 is 0 Å². The fraction of sp³-hybridized carbons (Fsp3) is 0.129. The number of fused-ring (bicyclic) bond motifs is 2. The molecule has 0 aliphatic carbocycles. The van der Waals surface area contributed by atoms with Crippen molar-refractivity contribution in [2.24, 2.45) is 5.73 Å². The SMILES string of the molecule is NC(=O)c1cc2cc(Cl)ccc2cc1OCC(=O)c1cn(CCN2C[CH][CH]C2=O)c2cc(Oc3cccnn3)ccc12. The Morgan fingerprint density at radius 1 is 1.00 bits per heavy atom. The molecule has 1 aliphatic heterocycles. The van der Waals surface area contributed by atoms with E-state index in [0.717, 1.165) is 16.3 Å². The molecule has 10 nitrogen and oxygen atoms in total. The quantitative estimate of drug-likeness (QED) is 0.238. The molecular formula is C31H24ClN5O5. The molecule has 6 rings (SSSR count). The van der Waals surface area contributed by atoms with Crippen LogP contribution in [-0.2, 0) is 11.3 Å². The number of aromatic nitrogens is 3. The number of halogens is 1. The van der Waals surface area contributed by atoms with Crippen LogP contribution < -0.4 is 15.2 Å². The first-order valence-electron chi connectivity index (χ1n) is 13.1. The first-order chi connectivity index (χ1) is 20.4. The van der Waals surface area contributed by atoms with E-state index in [2.05, 4.69) is 10.2 Å². The molecule has 11 heteroatoms. The minimum atomic E-state index is -0.683. The molecule has 1 aliphatic rings. The highest BCUT2D eigenvalue weighted by molar-refractivity contribution is 6.31. The van der Waals surface area contributed by atoms with E-state index in [1.54, 1.807) is 78.3 Å². The number of primary amides is 1. The van der Waals surface area contributed by atoms with E-state index in [1.807, 2.05) is 17.1 Å². The Labute approximate surface area is 245 Å². The Kier molecular flexibility index (Phi) is 7.45. The molecule has 0 bridgehead atoms. The van der Waals surface area contributed by atoms with Gasteiger partial charge in [-0.15, -0.1) is 5.10 Å². The van der Waals surface area contributed by atoms with Gasteiger partial charge in [0.25, 0.3) is 5.91 Å². The molecular weight excluding hydrogens is 558 g/mol. The number of rotatable bonds is 10. The molecule has 3 aromatic carbocycles. The number of ketones is 1. The molecule has 2 N–H and O–H groups in total.